The topological polar surface area (TPSA) is 55.9 Å². The van der Waals surface area contributed by atoms with Crippen molar-refractivity contribution in [2.24, 2.45) is 0 Å². The van der Waals surface area contributed by atoms with Crippen LogP contribution in [0.5, 0.6) is 0 Å². The molecule has 31 heavy (non-hydrogen) atoms. The van der Waals surface area contributed by atoms with Crippen molar-refractivity contribution in [1.82, 2.24) is 14.7 Å². The number of likely N-dealkylation sites (tertiary alicyclic amines) is 1. The second-order valence-electron chi connectivity index (χ2n) is 8.42. The zero-order valence-electron chi connectivity index (χ0n) is 18.3. The summed E-state index contributed by atoms with van der Waals surface area (Å²) in [7, 11) is 0. The minimum absolute atomic E-state index is 0.0911. The van der Waals surface area contributed by atoms with Crippen molar-refractivity contribution >= 4 is 17.6 Å². The molecule has 0 saturated carbocycles. The third kappa shape index (κ3) is 5.25. The molecular weight excluding hydrogens is 388 g/mol. The van der Waals surface area contributed by atoms with Gasteiger partial charge in [0.1, 0.15) is 6.04 Å². The van der Waals surface area contributed by atoms with Gasteiger partial charge in [-0.15, -0.1) is 0 Å². The molecule has 0 aliphatic carbocycles. The van der Waals surface area contributed by atoms with Crippen LogP contribution in [0.25, 0.3) is 0 Å². The van der Waals surface area contributed by atoms with Gasteiger partial charge in [-0.3, -0.25) is 9.69 Å². The number of carbonyl (C=O) groups excluding carboxylic acids is 2. The number of urea groups is 1. The molecule has 164 valence electrons. The fourth-order valence-corrected chi connectivity index (χ4v) is 4.46. The molecule has 2 heterocycles. The van der Waals surface area contributed by atoms with Crippen molar-refractivity contribution in [2.75, 3.05) is 38.0 Å². The van der Waals surface area contributed by atoms with Crippen LogP contribution in [0, 0.1) is 0 Å². The molecule has 1 unspecified atom stereocenters. The van der Waals surface area contributed by atoms with Gasteiger partial charge in [0, 0.05) is 45.0 Å². The van der Waals surface area contributed by atoms with E-state index in [1.165, 1.54) is 11.1 Å². The van der Waals surface area contributed by atoms with Gasteiger partial charge in [0.25, 0.3) is 0 Å². The highest BCUT2D eigenvalue weighted by Gasteiger charge is 2.37. The van der Waals surface area contributed by atoms with Crippen LogP contribution >= 0.6 is 0 Å². The fraction of sp³-hybridized carbons (Fsp3) is 0.440. The average Bonchev–Trinajstić information content (AvgIpc) is 3.30. The Kier molecular flexibility index (Phi) is 6.87. The van der Waals surface area contributed by atoms with Crippen molar-refractivity contribution in [3.63, 3.8) is 0 Å². The minimum atomic E-state index is -0.351. The number of hydrogen-bond acceptors (Lipinski definition) is 3. The van der Waals surface area contributed by atoms with E-state index in [4.69, 9.17) is 0 Å². The molecule has 2 fully saturated rings. The van der Waals surface area contributed by atoms with Crippen molar-refractivity contribution < 1.29 is 9.59 Å². The van der Waals surface area contributed by atoms with Crippen LogP contribution in [-0.4, -0.2) is 65.4 Å². The van der Waals surface area contributed by atoms with Gasteiger partial charge in [0.2, 0.25) is 5.91 Å². The molecule has 2 aromatic carbocycles. The molecule has 2 aromatic rings. The molecule has 1 N–H and O–H groups in total. The highest BCUT2D eigenvalue weighted by Crippen LogP contribution is 2.22. The lowest BCUT2D eigenvalue weighted by Gasteiger charge is -2.37. The summed E-state index contributed by atoms with van der Waals surface area (Å²) in [6, 6.07) is 17.8. The van der Waals surface area contributed by atoms with Gasteiger partial charge in [-0.25, -0.2) is 4.79 Å². The number of nitrogens with zero attached hydrogens (tertiary/aromatic N) is 3. The molecule has 2 saturated heterocycles. The molecule has 2 aliphatic heterocycles. The second kappa shape index (κ2) is 9.96. The third-order valence-corrected chi connectivity index (χ3v) is 6.35. The second-order valence-corrected chi connectivity index (χ2v) is 8.42. The van der Waals surface area contributed by atoms with E-state index in [1.807, 2.05) is 35.2 Å². The van der Waals surface area contributed by atoms with E-state index < -0.39 is 0 Å². The van der Waals surface area contributed by atoms with Gasteiger partial charge in [-0.1, -0.05) is 49.4 Å². The van der Waals surface area contributed by atoms with E-state index in [9.17, 15) is 9.59 Å². The molecule has 0 aromatic heterocycles. The SMILES string of the molecule is CCc1ccc(NC(=O)N2CCCC2C(=O)N2CCN(Cc3ccccc3)CC2)cc1. The lowest BCUT2D eigenvalue weighted by molar-refractivity contribution is -0.136. The highest BCUT2D eigenvalue weighted by molar-refractivity contribution is 5.94. The summed E-state index contributed by atoms with van der Waals surface area (Å²) in [4.78, 5) is 32.1. The Labute approximate surface area is 184 Å². The van der Waals surface area contributed by atoms with E-state index in [0.717, 1.165) is 57.7 Å². The Morgan fingerprint density at radius 1 is 0.903 bits per heavy atom. The maximum absolute atomic E-state index is 13.2. The van der Waals surface area contributed by atoms with Gasteiger partial charge in [0.05, 0.1) is 0 Å². The van der Waals surface area contributed by atoms with E-state index in [1.54, 1.807) is 4.90 Å². The number of hydrogen-bond donors (Lipinski definition) is 1. The van der Waals surface area contributed by atoms with E-state index in [0.29, 0.717) is 6.54 Å². The average molecular weight is 421 g/mol. The Morgan fingerprint density at radius 2 is 1.61 bits per heavy atom. The predicted octanol–water partition coefficient (Wildman–Crippen LogP) is 3.59. The molecule has 0 radical (unpaired) electrons. The summed E-state index contributed by atoms with van der Waals surface area (Å²) in [5.41, 5.74) is 3.31. The molecule has 4 rings (SSSR count). The Hall–Kier alpha value is -2.86. The summed E-state index contributed by atoms with van der Waals surface area (Å²) in [6.45, 7) is 6.81. The number of nitrogens with one attached hydrogen (secondary N) is 1. The molecule has 0 bridgehead atoms. The third-order valence-electron chi connectivity index (χ3n) is 6.35. The molecule has 6 nitrogen and oxygen atoms in total. The Morgan fingerprint density at radius 3 is 2.29 bits per heavy atom. The first kappa shape index (κ1) is 21.4. The number of rotatable bonds is 5. The summed E-state index contributed by atoms with van der Waals surface area (Å²) in [6.07, 6.45) is 2.58. The lowest BCUT2D eigenvalue weighted by Crippen LogP contribution is -2.54. The van der Waals surface area contributed by atoms with Crippen molar-refractivity contribution in [3.05, 3.63) is 65.7 Å². The molecule has 2 aliphatic rings. The number of amides is 3. The van der Waals surface area contributed by atoms with E-state index in [-0.39, 0.29) is 18.0 Å². The first-order valence-corrected chi connectivity index (χ1v) is 11.4. The smallest absolute Gasteiger partial charge is 0.322 e. The maximum atomic E-state index is 13.2. The first-order chi connectivity index (χ1) is 15.1. The first-order valence-electron chi connectivity index (χ1n) is 11.4. The highest BCUT2D eigenvalue weighted by atomic mass is 16.2. The summed E-state index contributed by atoms with van der Waals surface area (Å²) in [5.74, 6) is 0.0911. The van der Waals surface area contributed by atoms with Gasteiger partial charge in [-0.2, -0.15) is 0 Å². The monoisotopic (exact) mass is 420 g/mol. The number of carbonyl (C=O) groups is 2. The van der Waals surface area contributed by atoms with Crippen LogP contribution < -0.4 is 5.32 Å². The van der Waals surface area contributed by atoms with Crippen LogP contribution in [0.15, 0.2) is 54.6 Å². The lowest BCUT2D eigenvalue weighted by atomic mass is 10.1. The maximum Gasteiger partial charge on any atom is 0.322 e. The molecular formula is C25H32N4O2. The van der Waals surface area contributed by atoms with Crippen molar-refractivity contribution in [1.29, 1.82) is 0 Å². The molecule has 0 spiro atoms. The normalized spacial score (nSPS) is 19.5. The molecule has 6 heteroatoms. The minimum Gasteiger partial charge on any atom is -0.338 e. The van der Waals surface area contributed by atoms with E-state index in [2.05, 4.69) is 41.4 Å². The van der Waals surface area contributed by atoms with Crippen LogP contribution in [0.2, 0.25) is 0 Å². The predicted molar refractivity (Wildman–Crippen MR) is 123 cm³/mol. The summed E-state index contributed by atoms with van der Waals surface area (Å²) in [5, 5.41) is 2.97. The van der Waals surface area contributed by atoms with E-state index >= 15 is 0 Å². The van der Waals surface area contributed by atoms with Crippen LogP contribution in [0.1, 0.15) is 30.9 Å². The fourth-order valence-electron chi connectivity index (χ4n) is 4.46. The zero-order valence-corrected chi connectivity index (χ0v) is 18.3. The van der Waals surface area contributed by atoms with Crippen molar-refractivity contribution in [3.8, 4) is 0 Å². The van der Waals surface area contributed by atoms with Gasteiger partial charge in [0.15, 0.2) is 0 Å². The summed E-state index contributed by atoms with van der Waals surface area (Å²) < 4.78 is 0. The van der Waals surface area contributed by atoms with Crippen LogP contribution in [-0.2, 0) is 17.8 Å². The van der Waals surface area contributed by atoms with Gasteiger partial charge < -0.3 is 15.1 Å². The zero-order chi connectivity index (χ0) is 21.6. The van der Waals surface area contributed by atoms with Crippen molar-refractivity contribution in [2.45, 2.75) is 38.8 Å². The largest absolute Gasteiger partial charge is 0.338 e. The quantitative estimate of drug-likeness (QED) is 0.804. The Balaban J connectivity index is 1.31. The number of benzene rings is 2. The number of anilines is 1. The van der Waals surface area contributed by atoms with Gasteiger partial charge in [-0.05, 0) is 42.5 Å². The van der Waals surface area contributed by atoms with Crippen LogP contribution in [0.3, 0.4) is 0 Å². The number of aryl methyl sites for hydroxylation is 1. The van der Waals surface area contributed by atoms with Crippen LogP contribution in [0.4, 0.5) is 10.5 Å². The molecule has 1 atom stereocenters. The standard InChI is InChI=1S/C25H32N4O2/c1-2-20-10-12-22(13-11-20)26-25(31)29-14-6-9-23(29)24(30)28-17-15-27(16-18-28)19-21-7-4-3-5-8-21/h3-5,7-8,10-13,23H,2,6,9,14-19H2,1H3,(H,26,31). The summed E-state index contributed by atoms with van der Waals surface area (Å²) >= 11 is 0. The number of piperazine rings is 1. The van der Waals surface area contributed by atoms with Gasteiger partial charge >= 0.3 is 6.03 Å². The molecule has 3 amide bonds. The Bertz CT molecular complexity index is 876.